The Hall–Kier alpha value is -1.88. The Morgan fingerprint density at radius 3 is 2.75 bits per heavy atom. The van der Waals surface area contributed by atoms with Gasteiger partial charge in [-0.15, -0.1) is 11.8 Å². The molecule has 0 aliphatic carbocycles. The average Bonchev–Trinajstić information content (AvgIpc) is 2.47. The highest BCUT2D eigenvalue weighted by Gasteiger charge is 2.16. The molecule has 0 spiro atoms. The lowest BCUT2D eigenvalue weighted by atomic mass is 10.1. The summed E-state index contributed by atoms with van der Waals surface area (Å²) >= 11 is 1.40. The minimum Gasteiger partial charge on any atom is -0.345 e. The van der Waals surface area contributed by atoms with Crippen molar-refractivity contribution < 1.29 is 9.18 Å². The molecule has 1 N–H and O–H groups in total. The van der Waals surface area contributed by atoms with Crippen LogP contribution < -0.4 is 5.32 Å². The molecule has 0 saturated carbocycles. The third-order valence-electron chi connectivity index (χ3n) is 2.93. The summed E-state index contributed by atoms with van der Waals surface area (Å²) in [6.45, 7) is 1.76. The first-order valence-electron chi connectivity index (χ1n) is 6.17. The summed E-state index contributed by atoms with van der Waals surface area (Å²) < 4.78 is 13.7. The molecule has 2 aromatic rings. The van der Waals surface area contributed by atoms with Crippen molar-refractivity contribution in [3.63, 3.8) is 0 Å². The summed E-state index contributed by atoms with van der Waals surface area (Å²) in [6.07, 6.45) is 3.50. The van der Waals surface area contributed by atoms with Crippen molar-refractivity contribution in [3.05, 3.63) is 59.5 Å². The van der Waals surface area contributed by atoms with Gasteiger partial charge in [0, 0.05) is 11.8 Å². The summed E-state index contributed by atoms with van der Waals surface area (Å²) in [6, 6.07) is 9.44. The third kappa shape index (κ3) is 3.17. The quantitative estimate of drug-likeness (QED) is 0.877. The standard InChI is InChI=1S/C15H15FN2OS/c1-10(11-6-3-4-8-13(11)16)18-14(19)12-7-5-9-17-15(12)20-2/h3-10H,1-2H3,(H,18,19)/t10-/m0/s1. The number of halogens is 1. The lowest BCUT2D eigenvalue weighted by Gasteiger charge is -2.15. The maximum atomic E-state index is 13.7. The van der Waals surface area contributed by atoms with Gasteiger partial charge in [-0.1, -0.05) is 18.2 Å². The Labute approximate surface area is 121 Å². The molecule has 1 atom stereocenters. The number of rotatable bonds is 4. The molecule has 0 fully saturated rings. The fourth-order valence-electron chi connectivity index (χ4n) is 1.90. The fourth-order valence-corrected chi connectivity index (χ4v) is 2.45. The van der Waals surface area contributed by atoms with Crippen LogP contribution >= 0.6 is 11.8 Å². The van der Waals surface area contributed by atoms with Crippen LogP contribution in [0.2, 0.25) is 0 Å². The van der Waals surface area contributed by atoms with E-state index in [-0.39, 0.29) is 11.7 Å². The van der Waals surface area contributed by atoms with Crippen LogP contribution in [-0.2, 0) is 0 Å². The second-order valence-corrected chi connectivity index (χ2v) is 5.07. The molecule has 0 radical (unpaired) electrons. The molecule has 20 heavy (non-hydrogen) atoms. The number of nitrogens with zero attached hydrogens (tertiary/aromatic N) is 1. The van der Waals surface area contributed by atoms with Gasteiger partial charge in [0.2, 0.25) is 0 Å². The SMILES string of the molecule is CSc1ncccc1C(=O)N[C@@H](C)c1ccccc1F. The zero-order valence-corrected chi connectivity index (χ0v) is 12.1. The lowest BCUT2D eigenvalue weighted by molar-refractivity contribution is 0.0935. The number of amides is 1. The zero-order valence-electron chi connectivity index (χ0n) is 11.3. The molecular weight excluding hydrogens is 275 g/mol. The molecule has 0 aliphatic rings. The number of pyridine rings is 1. The van der Waals surface area contributed by atoms with E-state index in [1.165, 1.54) is 17.8 Å². The van der Waals surface area contributed by atoms with E-state index in [0.717, 1.165) is 0 Å². The normalized spacial score (nSPS) is 11.9. The molecule has 1 aromatic carbocycles. The molecule has 0 aliphatic heterocycles. The predicted molar refractivity (Wildman–Crippen MR) is 78.3 cm³/mol. The Balaban J connectivity index is 2.18. The summed E-state index contributed by atoms with van der Waals surface area (Å²) in [5.41, 5.74) is 0.971. The molecule has 0 unspecified atom stereocenters. The van der Waals surface area contributed by atoms with Gasteiger partial charge < -0.3 is 5.32 Å². The number of aromatic nitrogens is 1. The number of carbonyl (C=O) groups excluding carboxylic acids is 1. The van der Waals surface area contributed by atoms with E-state index in [1.54, 1.807) is 43.5 Å². The second-order valence-electron chi connectivity index (χ2n) is 4.28. The highest BCUT2D eigenvalue weighted by molar-refractivity contribution is 7.98. The first-order valence-corrected chi connectivity index (χ1v) is 7.40. The molecule has 1 heterocycles. The van der Waals surface area contributed by atoms with Crippen LogP contribution in [-0.4, -0.2) is 17.1 Å². The van der Waals surface area contributed by atoms with Crippen molar-refractivity contribution in [2.45, 2.75) is 18.0 Å². The number of nitrogens with one attached hydrogen (secondary N) is 1. The number of hydrogen-bond acceptors (Lipinski definition) is 3. The molecule has 1 amide bonds. The van der Waals surface area contributed by atoms with Gasteiger partial charge in [0.25, 0.3) is 5.91 Å². The van der Waals surface area contributed by atoms with Gasteiger partial charge in [-0.3, -0.25) is 4.79 Å². The summed E-state index contributed by atoms with van der Waals surface area (Å²) in [5, 5.41) is 3.45. The van der Waals surface area contributed by atoms with Crippen LogP contribution in [0.3, 0.4) is 0 Å². The third-order valence-corrected chi connectivity index (χ3v) is 3.64. The van der Waals surface area contributed by atoms with Crippen LogP contribution in [0.1, 0.15) is 28.9 Å². The van der Waals surface area contributed by atoms with E-state index in [2.05, 4.69) is 10.3 Å². The number of thioether (sulfide) groups is 1. The highest BCUT2D eigenvalue weighted by Crippen LogP contribution is 2.20. The molecular formula is C15H15FN2OS. The predicted octanol–water partition coefficient (Wildman–Crippen LogP) is 3.43. The average molecular weight is 290 g/mol. The van der Waals surface area contributed by atoms with E-state index in [4.69, 9.17) is 0 Å². The zero-order chi connectivity index (χ0) is 14.5. The van der Waals surface area contributed by atoms with Gasteiger partial charge in [-0.05, 0) is 31.4 Å². The number of hydrogen-bond donors (Lipinski definition) is 1. The van der Waals surface area contributed by atoms with E-state index in [1.807, 2.05) is 6.26 Å². The number of benzene rings is 1. The minimum atomic E-state index is -0.404. The topological polar surface area (TPSA) is 42.0 Å². The van der Waals surface area contributed by atoms with Crippen LogP contribution in [0.4, 0.5) is 4.39 Å². The van der Waals surface area contributed by atoms with E-state index < -0.39 is 6.04 Å². The Morgan fingerprint density at radius 2 is 2.05 bits per heavy atom. The minimum absolute atomic E-state index is 0.252. The van der Waals surface area contributed by atoms with Gasteiger partial charge in [-0.25, -0.2) is 9.37 Å². The van der Waals surface area contributed by atoms with Gasteiger partial charge in [0.15, 0.2) is 0 Å². The van der Waals surface area contributed by atoms with Crippen LogP contribution in [0.5, 0.6) is 0 Å². The molecule has 1 aromatic heterocycles. The molecule has 104 valence electrons. The Bertz CT molecular complexity index is 618. The van der Waals surface area contributed by atoms with Crippen molar-refractivity contribution in [2.75, 3.05) is 6.26 Å². The van der Waals surface area contributed by atoms with Crippen LogP contribution in [0, 0.1) is 5.82 Å². The van der Waals surface area contributed by atoms with E-state index in [9.17, 15) is 9.18 Å². The molecule has 2 rings (SSSR count). The largest absolute Gasteiger partial charge is 0.345 e. The smallest absolute Gasteiger partial charge is 0.254 e. The van der Waals surface area contributed by atoms with Crippen molar-refractivity contribution in [2.24, 2.45) is 0 Å². The monoisotopic (exact) mass is 290 g/mol. The van der Waals surface area contributed by atoms with Crippen LogP contribution in [0.25, 0.3) is 0 Å². The maximum Gasteiger partial charge on any atom is 0.254 e. The molecule has 0 bridgehead atoms. The van der Waals surface area contributed by atoms with E-state index in [0.29, 0.717) is 16.2 Å². The van der Waals surface area contributed by atoms with Crippen LogP contribution in [0.15, 0.2) is 47.6 Å². The van der Waals surface area contributed by atoms with Gasteiger partial charge >= 0.3 is 0 Å². The van der Waals surface area contributed by atoms with Crippen molar-refractivity contribution in [1.29, 1.82) is 0 Å². The van der Waals surface area contributed by atoms with Crippen molar-refractivity contribution in [3.8, 4) is 0 Å². The van der Waals surface area contributed by atoms with Gasteiger partial charge in [0.05, 0.1) is 11.6 Å². The van der Waals surface area contributed by atoms with Gasteiger partial charge in [0.1, 0.15) is 10.8 Å². The first-order chi connectivity index (χ1) is 9.63. The first kappa shape index (κ1) is 14.5. The highest BCUT2D eigenvalue weighted by atomic mass is 32.2. The Kier molecular flexibility index (Phi) is 4.74. The van der Waals surface area contributed by atoms with Crippen molar-refractivity contribution >= 4 is 17.7 Å². The fraction of sp³-hybridized carbons (Fsp3) is 0.200. The number of carbonyl (C=O) groups is 1. The van der Waals surface area contributed by atoms with E-state index >= 15 is 0 Å². The summed E-state index contributed by atoms with van der Waals surface area (Å²) in [7, 11) is 0. The summed E-state index contributed by atoms with van der Waals surface area (Å²) in [5.74, 6) is -0.574. The van der Waals surface area contributed by atoms with Gasteiger partial charge in [-0.2, -0.15) is 0 Å². The lowest BCUT2D eigenvalue weighted by Crippen LogP contribution is -2.27. The summed E-state index contributed by atoms with van der Waals surface area (Å²) in [4.78, 5) is 16.4. The van der Waals surface area contributed by atoms with Crippen molar-refractivity contribution in [1.82, 2.24) is 10.3 Å². The molecule has 3 nitrogen and oxygen atoms in total. The second kappa shape index (κ2) is 6.52. The Morgan fingerprint density at radius 1 is 1.30 bits per heavy atom. The molecule has 0 saturated heterocycles. The molecule has 5 heteroatoms. The maximum absolute atomic E-state index is 13.7.